The number of ether oxygens (including phenoxy) is 1. The van der Waals surface area contributed by atoms with Gasteiger partial charge in [0.25, 0.3) is 5.91 Å². The fourth-order valence-electron chi connectivity index (χ4n) is 3.48. The first-order chi connectivity index (χ1) is 11.9. The van der Waals surface area contributed by atoms with Crippen LogP contribution in [0.4, 0.5) is 9.18 Å². The van der Waals surface area contributed by atoms with E-state index in [1.54, 1.807) is 12.1 Å². The number of nitrogens with zero attached hydrogens (tertiary/aromatic N) is 2. The van der Waals surface area contributed by atoms with Crippen molar-refractivity contribution >= 4 is 11.9 Å². The Bertz CT molecular complexity index is 649. The summed E-state index contributed by atoms with van der Waals surface area (Å²) in [5.41, 5.74) is -0.765. The third kappa shape index (κ3) is 3.61. The van der Waals surface area contributed by atoms with E-state index < -0.39 is 5.54 Å². The Balaban J connectivity index is 1.46. The van der Waals surface area contributed by atoms with Crippen LogP contribution in [0.3, 0.4) is 0 Å². The third-order valence-electron chi connectivity index (χ3n) is 4.76. The predicted octanol–water partition coefficient (Wildman–Crippen LogP) is 2.00. The molecule has 0 bridgehead atoms. The molecule has 1 atom stereocenters. The van der Waals surface area contributed by atoms with Crippen molar-refractivity contribution in [2.24, 2.45) is 0 Å². The molecule has 0 radical (unpaired) electrons. The molecule has 1 aromatic rings. The minimum absolute atomic E-state index is 0.113. The van der Waals surface area contributed by atoms with Crippen molar-refractivity contribution in [1.29, 1.82) is 0 Å². The molecule has 0 aromatic heterocycles. The number of hydrogen-bond acceptors (Lipinski definition) is 4. The van der Waals surface area contributed by atoms with Crippen molar-refractivity contribution in [3.8, 4) is 5.75 Å². The minimum Gasteiger partial charge on any atom is -0.494 e. The van der Waals surface area contributed by atoms with Crippen LogP contribution in [0.25, 0.3) is 0 Å². The number of halogens is 1. The van der Waals surface area contributed by atoms with Crippen molar-refractivity contribution in [1.82, 2.24) is 15.1 Å². The zero-order valence-electron chi connectivity index (χ0n) is 14.6. The fourth-order valence-corrected chi connectivity index (χ4v) is 3.48. The average Bonchev–Trinajstić information content (AvgIpc) is 3.07. The third-order valence-corrected chi connectivity index (χ3v) is 4.76. The number of urea groups is 1. The first-order valence-corrected chi connectivity index (χ1v) is 8.68. The molecule has 2 aliphatic heterocycles. The number of benzene rings is 1. The van der Waals surface area contributed by atoms with E-state index in [4.69, 9.17) is 4.74 Å². The lowest BCUT2D eigenvalue weighted by atomic mass is 9.98. The van der Waals surface area contributed by atoms with E-state index in [9.17, 15) is 14.0 Å². The maximum absolute atomic E-state index is 12.8. The molecular formula is C18H24FN3O3. The van der Waals surface area contributed by atoms with Gasteiger partial charge in [-0.05, 0) is 51.0 Å². The minimum atomic E-state index is -0.765. The molecule has 1 aromatic carbocycles. The van der Waals surface area contributed by atoms with Gasteiger partial charge in [-0.3, -0.25) is 9.69 Å². The Morgan fingerprint density at radius 1 is 1.28 bits per heavy atom. The first-order valence-electron chi connectivity index (χ1n) is 8.68. The van der Waals surface area contributed by atoms with Crippen LogP contribution < -0.4 is 10.1 Å². The summed E-state index contributed by atoms with van der Waals surface area (Å²) in [5, 5.41) is 2.89. The van der Waals surface area contributed by atoms with E-state index in [1.807, 2.05) is 13.8 Å². The molecule has 0 unspecified atom stereocenters. The highest BCUT2D eigenvalue weighted by atomic mass is 19.1. The summed E-state index contributed by atoms with van der Waals surface area (Å²) in [6.45, 7) is 6.30. The van der Waals surface area contributed by atoms with Crippen molar-refractivity contribution in [2.45, 2.75) is 38.3 Å². The number of rotatable bonds is 6. The molecule has 0 aliphatic carbocycles. The standard InChI is InChI=1S/C18H24FN3O3/c1-13(2)22-16(23)18(20-17(22)24)8-10-21(12-18)9-3-11-25-15-6-4-14(19)5-7-15/h4-7,13H,3,8-12H2,1-2H3,(H,20,24)/t18-/m0/s1. The van der Waals surface area contributed by atoms with Crippen LogP contribution in [0.15, 0.2) is 24.3 Å². The van der Waals surface area contributed by atoms with Gasteiger partial charge in [0.15, 0.2) is 0 Å². The van der Waals surface area contributed by atoms with E-state index in [0.717, 1.165) is 19.5 Å². The highest BCUT2D eigenvalue weighted by Gasteiger charge is 2.54. The van der Waals surface area contributed by atoms with Gasteiger partial charge >= 0.3 is 6.03 Å². The Hall–Kier alpha value is -2.15. The monoisotopic (exact) mass is 349 g/mol. The van der Waals surface area contributed by atoms with Crippen molar-refractivity contribution < 1.29 is 18.7 Å². The van der Waals surface area contributed by atoms with Gasteiger partial charge in [-0.1, -0.05) is 0 Å². The van der Waals surface area contributed by atoms with Crippen LogP contribution in [0, 0.1) is 5.82 Å². The Labute approximate surface area is 146 Å². The Kier molecular flexibility index (Phi) is 4.94. The number of amides is 3. The summed E-state index contributed by atoms with van der Waals surface area (Å²) in [6, 6.07) is 5.52. The van der Waals surface area contributed by atoms with Crippen molar-refractivity contribution in [2.75, 3.05) is 26.2 Å². The molecule has 7 heteroatoms. The Morgan fingerprint density at radius 3 is 2.64 bits per heavy atom. The van der Waals surface area contributed by atoms with Gasteiger partial charge in [0.05, 0.1) is 6.61 Å². The molecular weight excluding hydrogens is 325 g/mol. The maximum Gasteiger partial charge on any atom is 0.325 e. The number of hydrogen-bond donors (Lipinski definition) is 1. The fraction of sp³-hybridized carbons (Fsp3) is 0.556. The lowest BCUT2D eigenvalue weighted by Gasteiger charge is -2.23. The van der Waals surface area contributed by atoms with Crippen LogP contribution in [0.2, 0.25) is 0 Å². The second-order valence-electron chi connectivity index (χ2n) is 6.96. The summed E-state index contributed by atoms with van der Waals surface area (Å²) < 4.78 is 18.4. The first kappa shape index (κ1) is 17.7. The number of likely N-dealkylation sites (tertiary alicyclic amines) is 1. The molecule has 2 saturated heterocycles. The van der Waals surface area contributed by atoms with Crippen LogP contribution in [0.1, 0.15) is 26.7 Å². The molecule has 3 rings (SSSR count). The van der Waals surface area contributed by atoms with Gasteiger partial charge < -0.3 is 15.0 Å². The highest BCUT2D eigenvalue weighted by Crippen LogP contribution is 2.29. The van der Waals surface area contributed by atoms with E-state index >= 15 is 0 Å². The molecule has 2 heterocycles. The van der Waals surface area contributed by atoms with Crippen molar-refractivity contribution in [3.05, 3.63) is 30.1 Å². The molecule has 1 spiro atoms. The zero-order chi connectivity index (χ0) is 18.0. The lowest BCUT2D eigenvalue weighted by molar-refractivity contribution is -0.132. The highest BCUT2D eigenvalue weighted by molar-refractivity contribution is 6.07. The van der Waals surface area contributed by atoms with Gasteiger partial charge in [-0.25, -0.2) is 9.18 Å². The van der Waals surface area contributed by atoms with E-state index in [-0.39, 0.29) is 23.8 Å². The molecule has 136 valence electrons. The van der Waals surface area contributed by atoms with Crippen LogP contribution in [-0.2, 0) is 4.79 Å². The van der Waals surface area contributed by atoms with Gasteiger partial charge in [0.1, 0.15) is 17.1 Å². The van der Waals surface area contributed by atoms with Crippen molar-refractivity contribution in [3.63, 3.8) is 0 Å². The average molecular weight is 349 g/mol. The van der Waals surface area contributed by atoms with E-state index in [0.29, 0.717) is 25.3 Å². The zero-order valence-corrected chi connectivity index (χ0v) is 14.6. The SMILES string of the molecule is CC(C)N1C(=O)N[C@]2(CCN(CCCOc3ccc(F)cc3)C2)C1=O. The molecule has 0 saturated carbocycles. The number of carbonyl (C=O) groups excluding carboxylic acids is 2. The summed E-state index contributed by atoms with van der Waals surface area (Å²) in [6.07, 6.45) is 1.43. The van der Waals surface area contributed by atoms with Gasteiger partial charge in [0.2, 0.25) is 0 Å². The summed E-state index contributed by atoms with van der Waals surface area (Å²) >= 11 is 0. The van der Waals surface area contributed by atoms with Gasteiger partial charge in [-0.2, -0.15) is 0 Å². The molecule has 25 heavy (non-hydrogen) atoms. The van der Waals surface area contributed by atoms with E-state index in [2.05, 4.69) is 10.2 Å². The predicted molar refractivity (Wildman–Crippen MR) is 90.8 cm³/mol. The quantitative estimate of drug-likeness (QED) is 0.630. The topological polar surface area (TPSA) is 61.9 Å². The Morgan fingerprint density at radius 2 is 2.00 bits per heavy atom. The second-order valence-corrected chi connectivity index (χ2v) is 6.96. The largest absolute Gasteiger partial charge is 0.494 e. The van der Waals surface area contributed by atoms with Gasteiger partial charge in [-0.15, -0.1) is 0 Å². The number of carbonyl (C=O) groups is 2. The van der Waals surface area contributed by atoms with E-state index in [1.165, 1.54) is 17.0 Å². The summed E-state index contributed by atoms with van der Waals surface area (Å²) in [4.78, 5) is 28.2. The summed E-state index contributed by atoms with van der Waals surface area (Å²) in [5.74, 6) is 0.246. The summed E-state index contributed by atoms with van der Waals surface area (Å²) in [7, 11) is 0. The normalized spacial score (nSPS) is 23.8. The number of imide groups is 1. The molecule has 3 amide bonds. The second kappa shape index (κ2) is 7.00. The van der Waals surface area contributed by atoms with Crippen LogP contribution in [0.5, 0.6) is 5.75 Å². The molecule has 6 nitrogen and oxygen atoms in total. The smallest absolute Gasteiger partial charge is 0.325 e. The number of nitrogens with one attached hydrogen (secondary N) is 1. The molecule has 2 fully saturated rings. The van der Waals surface area contributed by atoms with Crippen LogP contribution >= 0.6 is 0 Å². The molecule has 1 N–H and O–H groups in total. The maximum atomic E-state index is 12.8. The molecule has 2 aliphatic rings. The van der Waals surface area contributed by atoms with Gasteiger partial charge in [0, 0.05) is 25.7 Å². The lowest BCUT2D eigenvalue weighted by Crippen LogP contribution is -2.49. The van der Waals surface area contributed by atoms with Crippen LogP contribution in [-0.4, -0.2) is 59.6 Å².